The number of methoxy groups -OCH3 is 1. The van der Waals surface area contributed by atoms with Crippen LogP contribution in [-0.2, 0) is 52.5 Å². The van der Waals surface area contributed by atoms with Crippen LogP contribution in [0.3, 0.4) is 0 Å². The van der Waals surface area contributed by atoms with Crippen molar-refractivity contribution in [2.45, 2.75) is 194 Å². The molecular formula is C48H78O15. The molecule has 360 valence electrons. The van der Waals surface area contributed by atoms with Crippen molar-refractivity contribution in [2.24, 2.45) is 29.6 Å². The highest BCUT2D eigenvalue weighted by Gasteiger charge is 2.63. The van der Waals surface area contributed by atoms with E-state index in [0.717, 1.165) is 46.1 Å². The van der Waals surface area contributed by atoms with E-state index in [4.69, 9.17) is 23.7 Å². The van der Waals surface area contributed by atoms with Crippen molar-refractivity contribution in [3.8, 4) is 0 Å². The molecular weight excluding hydrogens is 817 g/mol. The first-order chi connectivity index (χ1) is 29.6. The third-order valence-corrected chi connectivity index (χ3v) is 12.8. The number of allylic oxidation sites excluding steroid dienone is 2. The predicted molar refractivity (Wildman–Crippen MR) is 234 cm³/mol. The summed E-state index contributed by atoms with van der Waals surface area (Å²) in [5.41, 5.74) is -4.17. The Labute approximate surface area is 374 Å². The van der Waals surface area contributed by atoms with Crippen LogP contribution in [0.5, 0.6) is 0 Å². The second-order valence-electron chi connectivity index (χ2n) is 18.1. The molecule has 13 atom stereocenters. The molecule has 0 aromatic carbocycles. The zero-order chi connectivity index (χ0) is 47.7. The third kappa shape index (κ3) is 15.9. The van der Waals surface area contributed by atoms with E-state index in [9.17, 15) is 49.2 Å². The van der Waals surface area contributed by atoms with Crippen LogP contribution in [0.15, 0.2) is 23.8 Å². The highest BCUT2D eigenvalue weighted by atomic mass is 16.6. The number of aliphatic hydroxyl groups is 4. The summed E-state index contributed by atoms with van der Waals surface area (Å²) in [5.74, 6) is -10.8. The Bertz CT molecular complexity index is 1570. The summed E-state index contributed by atoms with van der Waals surface area (Å²) in [4.78, 5) is 81.2. The van der Waals surface area contributed by atoms with E-state index in [1.54, 1.807) is 13.0 Å². The van der Waals surface area contributed by atoms with Gasteiger partial charge in [0.15, 0.2) is 17.5 Å². The second-order valence-corrected chi connectivity index (χ2v) is 18.1. The van der Waals surface area contributed by atoms with Crippen molar-refractivity contribution in [1.82, 2.24) is 0 Å². The van der Waals surface area contributed by atoms with Crippen LogP contribution in [0.25, 0.3) is 0 Å². The Morgan fingerprint density at radius 3 is 2.06 bits per heavy atom. The van der Waals surface area contributed by atoms with Crippen LogP contribution in [0.4, 0.5) is 0 Å². The minimum Gasteiger partial charge on any atom is -0.463 e. The molecule has 0 saturated carbocycles. The lowest BCUT2D eigenvalue weighted by Gasteiger charge is -2.36. The highest BCUT2D eigenvalue weighted by molar-refractivity contribution is 5.93. The number of ether oxygens (including phenoxy) is 5. The van der Waals surface area contributed by atoms with E-state index in [2.05, 4.69) is 6.92 Å². The van der Waals surface area contributed by atoms with E-state index >= 15 is 0 Å². The van der Waals surface area contributed by atoms with Crippen LogP contribution < -0.4 is 0 Å². The Hall–Kier alpha value is -3.34. The molecule has 2 heterocycles. The van der Waals surface area contributed by atoms with Crippen LogP contribution in [0.2, 0.25) is 0 Å². The molecule has 0 radical (unpaired) electrons. The largest absolute Gasteiger partial charge is 0.463 e. The maximum absolute atomic E-state index is 14.8. The van der Waals surface area contributed by atoms with Crippen molar-refractivity contribution >= 4 is 35.3 Å². The number of aliphatic hydroxyl groups excluding tert-OH is 3. The summed E-state index contributed by atoms with van der Waals surface area (Å²) in [6, 6.07) is 0. The normalized spacial score (nSPS) is 32.6. The lowest BCUT2D eigenvalue weighted by atomic mass is 9.76. The molecule has 1 saturated heterocycles. The van der Waals surface area contributed by atoms with Gasteiger partial charge in [0.25, 0.3) is 0 Å². The fraction of sp³-hybridized carbons (Fsp3) is 0.792. The topological polar surface area (TPSA) is 233 Å². The Kier molecular flexibility index (Phi) is 23.5. The zero-order valence-corrected chi connectivity index (χ0v) is 39.5. The van der Waals surface area contributed by atoms with E-state index < -0.39 is 126 Å². The van der Waals surface area contributed by atoms with Crippen molar-refractivity contribution < 1.29 is 72.9 Å². The fourth-order valence-corrected chi connectivity index (χ4v) is 8.69. The third-order valence-electron chi connectivity index (χ3n) is 12.8. The molecule has 0 aliphatic carbocycles. The van der Waals surface area contributed by atoms with Crippen LogP contribution in [0.1, 0.15) is 146 Å². The SMILES string of the molecule is CC=CC(C)C1OC1(C)C(O)C1COC(=O)C(O)C(OC)C(C)C(=O)C(C)C(OC(C)=O)C(C)=CC(C)C(=O)CC(O)C(O)(COC(=O)CCCCCCCCCCCCC)C1=O. The van der Waals surface area contributed by atoms with Gasteiger partial charge in [-0.2, -0.15) is 0 Å². The minimum absolute atomic E-state index is 0.0427. The van der Waals surface area contributed by atoms with Gasteiger partial charge in [0.05, 0.1) is 24.0 Å². The fourth-order valence-electron chi connectivity index (χ4n) is 8.69. The van der Waals surface area contributed by atoms with Crippen LogP contribution in [-0.4, -0.2) is 124 Å². The maximum atomic E-state index is 14.8. The number of hydrogen-bond donors (Lipinski definition) is 4. The van der Waals surface area contributed by atoms with Crippen molar-refractivity contribution in [3.63, 3.8) is 0 Å². The Balaban J connectivity index is 2.54. The van der Waals surface area contributed by atoms with Gasteiger partial charge < -0.3 is 44.1 Å². The van der Waals surface area contributed by atoms with Gasteiger partial charge in [0.1, 0.15) is 48.7 Å². The molecule has 2 rings (SSSR count). The van der Waals surface area contributed by atoms with Crippen LogP contribution in [0, 0.1) is 29.6 Å². The molecule has 1 fully saturated rings. The van der Waals surface area contributed by atoms with Gasteiger partial charge in [-0.25, -0.2) is 4.79 Å². The predicted octanol–water partition coefficient (Wildman–Crippen LogP) is 5.49. The summed E-state index contributed by atoms with van der Waals surface area (Å²) in [5, 5.41) is 47.1. The van der Waals surface area contributed by atoms with Gasteiger partial charge in [0.2, 0.25) is 0 Å². The van der Waals surface area contributed by atoms with Crippen molar-refractivity contribution in [1.29, 1.82) is 0 Å². The van der Waals surface area contributed by atoms with Gasteiger partial charge in [0, 0.05) is 44.6 Å². The first kappa shape index (κ1) is 55.8. The van der Waals surface area contributed by atoms with E-state index in [1.807, 2.05) is 13.0 Å². The first-order valence-corrected chi connectivity index (χ1v) is 23.0. The lowest BCUT2D eigenvalue weighted by molar-refractivity contribution is -0.181. The molecule has 0 amide bonds. The zero-order valence-electron chi connectivity index (χ0n) is 39.5. The molecule has 63 heavy (non-hydrogen) atoms. The van der Waals surface area contributed by atoms with Gasteiger partial charge in [-0.15, -0.1) is 0 Å². The Morgan fingerprint density at radius 2 is 1.52 bits per heavy atom. The average Bonchev–Trinajstić information content (AvgIpc) is 3.95. The van der Waals surface area contributed by atoms with Gasteiger partial charge in [-0.05, 0) is 32.8 Å². The smallest absolute Gasteiger partial charge is 0.337 e. The number of epoxide rings is 1. The second kappa shape index (κ2) is 26.6. The number of ketones is 3. The molecule has 0 spiro atoms. The molecule has 0 bridgehead atoms. The number of hydrogen-bond acceptors (Lipinski definition) is 15. The quantitative estimate of drug-likeness (QED) is 0.0389. The molecule has 4 N–H and O–H groups in total. The summed E-state index contributed by atoms with van der Waals surface area (Å²) in [7, 11) is 1.16. The molecule has 2 aliphatic heterocycles. The number of esters is 3. The highest BCUT2D eigenvalue weighted by Crippen LogP contribution is 2.47. The monoisotopic (exact) mass is 895 g/mol. The molecule has 15 heteroatoms. The van der Waals surface area contributed by atoms with Gasteiger partial charge >= 0.3 is 17.9 Å². The summed E-state index contributed by atoms with van der Waals surface area (Å²) in [6.45, 7) is 12.3. The van der Waals surface area contributed by atoms with Crippen LogP contribution >= 0.6 is 0 Å². The molecule has 13 unspecified atom stereocenters. The Morgan fingerprint density at radius 1 is 0.952 bits per heavy atom. The number of rotatable bonds is 20. The molecule has 0 aromatic rings. The molecule has 2 aliphatic rings. The van der Waals surface area contributed by atoms with Gasteiger partial charge in [-0.1, -0.05) is 117 Å². The van der Waals surface area contributed by atoms with E-state index in [-0.39, 0.29) is 17.9 Å². The molecule has 15 nitrogen and oxygen atoms in total. The summed E-state index contributed by atoms with van der Waals surface area (Å²) < 4.78 is 27.7. The molecule has 0 aromatic heterocycles. The van der Waals surface area contributed by atoms with E-state index in [0.29, 0.717) is 6.42 Å². The van der Waals surface area contributed by atoms with E-state index in [1.165, 1.54) is 72.8 Å². The number of Topliss-reactive ketones (excluding diaryl/α,β-unsaturated/α-hetero) is 3. The van der Waals surface area contributed by atoms with Crippen molar-refractivity contribution in [3.05, 3.63) is 23.8 Å². The average molecular weight is 895 g/mol. The van der Waals surface area contributed by atoms with Crippen molar-refractivity contribution in [2.75, 3.05) is 20.3 Å². The summed E-state index contributed by atoms with van der Waals surface area (Å²) >= 11 is 0. The van der Waals surface area contributed by atoms with Gasteiger partial charge in [-0.3, -0.25) is 24.0 Å². The lowest BCUT2D eigenvalue weighted by Crippen LogP contribution is -2.60. The number of cyclic esters (lactones) is 1. The summed E-state index contributed by atoms with van der Waals surface area (Å²) in [6.07, 6.45) is 6.30. The number of carbonyl (C=O) groups excluding carboxylic acids is 6. The standard InChI is InChI=1S/C48H78O15/c1-11-13-14-15-16-17-18-19-20-21-22-24-38(52)61-28-48(58)37(51)26-36(50)30(4)25-31(5)41(62-34(8)49)32(6)39(53)33(7)42(59-10)40(54)46(57)60-27-35(44(48)56)43(55)47(9)45(63-47)29(3)23-12-2/h12,23,25,29-30,32-33,35,37,40-43,45,51,54-55,58H,11,13-22,24,26-28H2,1-10H3. The minimum atomic E-state index is -3.02. The first-order valence-electron chi connectivity index (χ1n) is 23.0. The maximum Gasteiger partial charge on any atom is 0.337 e. The number of unbranched alkanes of at least 4 members (excludes halogenated alkanes) is 10. The number of carbonyl (C=O) groups is 6.